The van der Waals surface area contributed by atoms with Crippen LogP contribution < -0.4 is 9.47 Å². The number of ether oxygens (including phenoxy) is 4. The van der Waals surface area contributed by atoms with Gasteiger partial charge < -0.3 is 18.9 Å². The number of carbonyl (C=O) groups excluding carboxylic acids is 4. The largest absolute Gasteiger partial charge is 0.462 e. The van der Waals surface area contributed by atoms with Gasteiger partial charge in [-0.1, -0.05) is 138 Å². The maximum atomic E-state index is 13.2. The molecule has 0 aromatic heterocycles. The van der Waals surface area contributed by atoms with E-state index in [0.29, 0.717) is 0 Å². The number of benzene rings is 2. The highest BCUT2D eigenvalue weighted by Gasteiger charge is 2.34. The molecule has 0 saturated heterocycles. The number of hydrogen-bond donors (Lipinski definition) is 0. The molecule has 2 rings (SSSR count). The highest BCUT2D eigenvalue weighted by molar-refractivity contribution is 6.47. The molecule has 48 heavy (non-hydrogen) atoms. The molecule has 0 aliphatic carbocycles. The third-order valence-electron chi connectivity index (χ3n) is 8.60. The quantitative estimate of drug-likeness (QED) is 0.0806. The first-order valence-electron chi connectivity index (χ1n) is 15.3. The summed E-state index contributed by atoms with van der Waals surface area (Å²) in [5.74, 6) is -6.60. The number of rotatable bonds is 14. The zero-order valence-corrected chi connectivity index (χ0v) is 32.6. The van der Waals surface area contributed by atoms with Gasteiger partial charge in [0, 0.05) is 0 Å². The zero-order chi connectivity index (χ0) is 36.7. The summed E-state index contributed by atoms with van der Waals surface area (Å²) in [7, 11) is 0. The minimum atomic E-state index is -1.65. The summed E-state index contributed by atoms with van der Waals surface area (Å²) in [6, 6.07) is 2.24. The van der Waals surface area contributed by atoms with Gasteiger partial charge in [0.15, 0.2) is 11.5 Å². The van der Waals surface area contributed by atoms with Crippen LogP contribution in [0.15, 0.2) is 12.1 Å². The van der Waals surface area contributed by atoms with Gasteiger partial charge >= 0.3 is 23.9 Å². The predicted molar refractivity (Wildman–Crippen MR) is 190 cm³/mol. The molecule has 8 nitrogen and oxygen atoms in total. The molecule has 0 spiro atoms. The molecule has 2 aromatic carbocycles. The van der Waals surface area contributed by atoms with E-state index in [9.17, 15) is 19.2 Å². The van der Waals surface area contributed by atoms with E-state index in [2.05, 4.69) is 41.5 Å². The molecule has 2 unspecified atom stereocenters. The van der Waals surface area contributed by atoms with Crippen LogP contribution in [-0.4, -0.2) is 37.1 Å². The lowest BCUT2D eigenvalue weighted by atomic mass is 9.77. The van der Waals surface area contributed by atoms with Crippen molar-refractivity contribution in [1.82, 2.24) is 0 Å². The topological polar surface area (TPSA) is 105 Å². The number of esters is 4. The van der Waals surface area contributed by atoms with Gasteiger partial charge in [-0.3, -0.25) is 0 Å². The third kappa shape index (κ3) is 10.5. The lowest BCUT2D eigenvalue weighted by Crippen LogP contribution is -2.29. The van der Waals surface area contributed by atoms with Gasteiger partial charge in [-0.15, -0.1) is 0 Å². The summed E-state index contributed by atoms with van der Waals surface area (Å²) in [6.07, 6.45) is 3.64. The van der Waals surface area contributed by atoms with E-state index in [1.54, 1.807) is 0 Å². The fourth-order valence-electron chi connectivity index (χ4n) is 4.77. The summed E-state index contributed by atoms with van der Waals surface area (Å²) in [5.41, 5.74) is -1.25. The normalized spacial score (nSPS) is 13.0. The van der Waals surface area contributed by atoms with Gasteiger partial charge in [-0.25, -0.2) is 19.2 Å². The van der Waals surface area contributed by atoms with Crippen molar-refractivity contribution >= 4 is 93.5 Å². The Morgan fingerprint density at radius 2 is 0.917 bits per heavy atom. The summed E-state index contributed by atoms with van der Waals surface area (Å²) in [4.78, 5) is 52.6. The molecule has 0 bridgehead atoms. The third-order valence-corrected chi connectivity index (χ3v) is 10.7. The van der Waals surface area contributed by atoms with Crippen LogP contribution in [0.1, 0.15) is 102 Å². The fourth-order valence-corrected chi connectivity index (χ4v) is 6.21. The molecular formula is C34H40Cl6O8. The Balaban J connectivity index is 2.37. The number of hydrogen-bond acceptors (Lipinski definition) is 8. The van der Waals surface area contributed by atoms with Gasteiger partial charge in [0.2, 0.25) is 0 Å². The maximum Gasteiger partial charge on any atom is 0.423 e. The molecule has 0 amide bonds. The standard InChI is InChI=1S/C34H40Cl6O8/c1-9-11-33(5,6)17(3)15-45-29(41)23-25(39)19(35)13-21(37)27(23)47-31(43)32(44)48-28-22(38)14-20(36)26(40)24(28)30(42)46-16-18(4)34(7,8)12-10-2/h13-14,17-18H,9-12,15-16H2,1-8H3. The number of carbonyl (C=O) groups is 4. The Hall–Kier alpha value is -1.94. The molecule has 0 heterocycles. The molecule has 266 valence electrons. The minimum absolute atomic E-state index is 0.00526. The Labute approximate surface area is 311 Å². The fraction of sp³-hybridized carbons (Fsp3) is 0.529. The SMILES string of the molecule is CCCC(C)(C)C(C)COC(=O)c1c(Cl)c(Cl)cc(Cl)c1OC(=O)C(=O)Oc1c(Cl)cc(Cl)c(Cl)c1C(=O)OCC(C)C(C)(C)CCC. The van der Waals surface area contributed by atoms with Crippen LogP contribution in [0.25, 0.3) is 0 Å². The van der Waals surface area contributed by atoms with Gasteiger partial charge in [-0.2, -0.15) is 0 Å². The molecule has 2 atom stereocenters. The van der Waals surface area contributed by atoms with Crippen molar-refractivity contribution in [3.8, 4) is 11.5 Å². The monoisotopic (exact) mass is 786 g/mol. The van der Waals surface area contributed by atoms with Gasteiger partial charge in [-0.05, 0) is 47.6 Å². The lowest BCUT2D eigenvalue weighted by molar-refractivity contribution is -0.156. The van der Waals surface area contributed by atoms with Crippen LogP contribution in [0.2, 0.25) is 30.1 Å². The van der Waals surface area contributed by atoms with E-state index in [1.807, 2.05) is 13.8 Å². The first-order valence-corrected chi connectivity index (χ1v) is 17.6. The van der Waals surface area contributed by atoms with Gasteiger partial charge in [0.05, 0.1) is 43.3 Å². The number of halogens is 6. The zero-order valence-electron chi connectivity index (χ0n) is 28.1. The van der Waals surface area contributed by atoms with Crippen molar-refractivity contribution < 1.29 is 38.1 Å². The predicted octanol–water partition coefficient (Wildman–Crippen LogP) is 11.4. The lowest BCUT2D eigenvalue weighted by Gasteiger charge is -2.31. The molecular weight excluding hydrogens is 749 g/mol. The van der Waals surface area contributed by atoms with Crippen molar-refractivity contribution in [3.05, 3.63) is 53.4 Å². The Morgan fingerprint density at radius 1 is 0.604 bits per heavy atom. The Bertz CT molecular complexity index is 1420. The summed E-state index contributed by atoms with van der Waals surface area (Å²) in [5, 5.41) is -1.56. The van der Waals surface area contributed by atoms with Gasteiger partial charge in [0.1, 0.15) is 11.1 Å². The second-order valence-corrected chi connectivity index (χ2v) is 15.4. The Kier molecular flexibility index (Phi) is 15.7. The van der Waals surface area contributed by atoms with Gasteiger partial charge in [0.25, 0.3) is 0 Å². The molecule has 0 aliphatic heterocycles. The van der Waals surface area contributed by atoms with E-state index in [1.165, 1.54) is 0 Å². The van der Waals surface area contributed by atoms with Crippen molar-refractivity contribution in [2.24, 2.45) is 22.7 Å². The minimum Gasteiger partial charge on any atom is -0.462 e. The van der Waals surface area contributed by atoms with E-state index in [0.717, 1.165) is 37.8 Å². The Morgan fingerprint density at radius 3 is 1.21 bits per heavy atom. The highest BCUT2D eigenvalue weighted by Crippen LogP contribution is 2.42. The first-order chi connectivity index (χ1) is 22.2. The van der Waals surface area contributed by atoms with Crippen LogP contribution in [0.5, 0.6) is 11.5 Å². The van der Waals surface area contributed by atoms with Crippen LogP contribution in [0, 0.1) is 22.7 Å². The molecule has 0 saturated carbocycles. The molecule has 0 radical (unpaired) electrons. The van der Waals surface area contributed by atoms with Crippen molar-refractivity contribution in [2.75, 3.05) is 13.2 Å². The first kappa shape index (κ1) is 42.2. The average Bonchev–Trinajstić information content (AvgIpc) is 2.99. The second kappa shape index (κ2) is 17.8. The second-order valence-electron chi connectivity index (χ2n) is 13.0. The van der Waals surface area contributed by atoms with Crippen LogP contribution >= 0.6 is 69.6 Å². The van der Waals surface area contributed by atoms with Crippen LogP contribution in [0.3, 0.4) is 0 Å². The molecule has 14 heteroatoms. The maximum absolute atomic E-state index is 13.2. The van der Waals surface area contributed by atoms with Crippen LogP contribution in [0.4, 0.5) is 0 Å². The van der Waals surface area contributed by atoms with Crippen LogP contribution in [-0.2, 0) is 19.1 Å². The van der Waals surface area contributed by atoms with E-state index in [-0.39, 0.29) is 66.0 Å². The summed E-state index contributed by atoms with van der Waals surface area (Å²) < 4.78 is 21.4. The molecule has 0 N–H and O–H groups in total. The van der Waals surface area contributed by atoms with Crippen molar-refractivity contribution in [2.45, 2.75) is 81.1 Å². The van der Waals surface area contributed by atoms with E-state index >= 15 is 0 Å². The van der Waals surface area contributed by atoms with Crippen molar-refractivity contribution in [3.63, 3.8) is 0 Å². The molecule has 0 fully saturated rings. The smallest absolute Gasteiger partial charge is 0.423 e. The molecule has 0 aliphatic rings. The van der Waals surface area contributed by atoms with E-state index in [4.69, 9.17) is 88.6 Å². The average molecular weight is 789 g/mol. The molecule has 2 aromatic rings. The van der Waals surface area contributed by atoms with E-state index < -0.39 is 46.5 Å². The summed E-state index contributed by atoms with van der Waals surface area (Å²) in [6.45, 7) is 16.2. The highest BCUT2D eigenvalue weighted by atomic mass is 35.5. The van der Waals surface area contributed by atoms with Crippen molar-refractivity contribution in [1.29, 1.82) is 0 Å². The summed E-state index contributed by atoms with van der Waals surface area (Å²) >= 11 is 37.5.